The molecule has 1 aromatic heterocycles. The minimum Gasteiger partial charge on any atom is -0.481 e. The topological polar surface area (TPSA) is 91.3 Å². The van der Waals surface area contributed by atoms with E-state index in [1.165, 1.54) is 0 Å². The first-order chi connectivity index (χ1) is 9.54. The number of amides is 2. The highest BCUT2D eigenvalue weighted by Gasteiger charge is 2.12. The van der Waals surface area contributed by atoms with E-state index in [9.17, 15) is 9.59 Å². The van der Waals surface area contributed by atoms with Crippen molar-refractivity contribution in [1.82, 2.24) is 4.98 Å². The number of rotatable bonds is 4. The van der Waals surface area contributed by atoms with Crippen LogP contribution < -0.4 is 10.6 Å². The summed E-state index contributed by atoms with van der Waals surface area (Å²) in [5, 5.41) is 14.4. The minimum absolute atomic E-state index is 0.0918. The molecule has 20 heavy (non-hydrogen) atoms. The average molecular weight is 291 g/mol. The SMILES string of the molecule is Cc1nc(NC(=O)Nc2ccccc2)sc1CC(=O)O. The van der Waals surface area contributed by atoms with Gasteiger partial charge in [-0.15, -0.1) is 11.3 Å². The van der Waals surface area contributed by atoms with Gasteiger partial charge in [0, 0.05) is 10.6 Å². The lowest BCUT2D eigenvalue weighted by atomic mass is 10.3. The number of anilines is 2. The Hall–Kier alpha value is -2.41. The van der Waals surface area contributed by atoms with E-state index in [0.717, 1.165) is 11.3 Å². The number of carbonyl (C=O) groups is 2. The van der Waals surface area contributed by atoms with Crippen LogP contribution in [-0.2, 0) is 11.2 Å². The number of aliphatic carboxylic acids is 1. The normalized spacial score (nSPS) is 10.1. The number of carboxylic acid groups (broad SMARTS) is 1. The molecule has 3 N–H and O–H groups in total. The number of aromatic nitrogens is 1. The van der Waals surface area contributed by atoms with E-state index in [4.69, 9.17) is 5.11 Å². The summed E-state index contributed by atoms with van der Waals surface area (Å²) in [4.78, 5) is 27.2. The zero-order valence-corrected chi connectivity index (χ0v) is 11.5. The third kappa shape index (κ3) is 3.79. The summed E-state index contributed by atoms with van der Waals surface area (Å²) in [5.41, 5.74) is 1.29. The molecule has 0 radical (unpaired) electrons. The van der Waals surface area contributed by atoms with Gasteiger partial charge in [-0.2, -0.15) is 0 Å². The second-order valence-electron chi connectivity index (χ2n) is 4.04. The monoisotopic (exact) mass is 291 g/mol. The molecule has 0 saturated heterocycles. The van der Waals surface area contributed by atoms with E-state index in [-0.39, 0.29) is 6.42 Å². The Morgan fingerprint density at radius 3 is 2.60 bits per heavy atom. The van der Waals surface area contributed by atoms with Crippen LogP contribution in [0.5, 0.6) is 0 Å². The molecule has 2 rings (SSSR count). The van der Waals surface area contributed by atoms with Crippen molar-refractivity contribution >= 4 is 34.2 Å². The van der Waals surface area contributed by atoms with Crippen LogP contribution in [0.2, 0.25) is 0 Å². The molecule has 7 heteroatoms. The van der Waals surface area contributed by atoms with Crippen LogP contribution in [-0.4, -0.2) is 22.1 Å². The summed E-state index contributed by atoms with van der Waals surface area (Å²) in [5.74, 6) is -0.919. The molecule has 0 fully saturated rings. The summed E-state index contributed by atoms with van der Waals surface area (Å²) in [6.07, 6.45) is -0.0918. The minimum atomic E-state index is -0.919. The molecule has 0 spiro atoms. The number of hydrogen-bond donors (Lipinski definition) is 3. The number of aryl methyl sites for hydroxylation is 1. The number of thiazole rings is 1. The maximum atomic E-state index is 11.8. The van der Waals surface area contributed by atoms with Gasteiger partial charge < -0.3 is 10.4 Å². The van der Waals surface area contributed by atoms with Crippen LogP contribution in [0.15, 0.2) is 30.3 Å². The van der Waals surface area contributed by atoms with Gasteiger partial charge in [0.05, 0.1) is 12.1 Å². The fraction of sp³-hybridized carbons (Fsp3) is 0.154. The van der Waals surface area contributed by atoms with E-state index in [1.807, 2.05) is 18.2 Å². The smallest absolute Gasteiger partial charge is 0.325 e. The van der Waals surface area contributed by atoms with Crippen molar-refractivity contribution in [1.29, 1.82) is 0 Å². The van der Waals surface area contributed by atoms with Crippen molar-refractivity contribution in [3.05, 3.63) is 40.9 Å². The number of carbonyl (C=O) groups excluding carboxylic acids is 1. The van der Waals surface area contributed by atoms with Gasteiger partial charge in [0.25, 0.3) is 0 Å². The highest BCUT2D eigenvalue weighted by Crippen LogP contribution is 2.23. The van der Waals surface area contributed by atoms with Crippen molar-refractivity contribution in [2.24, 2.45) is 0 Å². The molecular formula is C13H13N3O3S. The van der Waals surface area contributed by atoms with Gasteiger partial charge in [-0.05, 0) is 19.1 Å². The van der Waals surface area contributed by atoms with Gasteiger partial charge in [-0.1, -0.05) is 18.2 Å². The fourth-order valence-corrected chi connectivity index (χ4v) is 2.51. The highest BCUT2D eigenvalue weighted by molar-refractivity contribution is 7.16. The molecule has 0 aliphatic heterocycles. The molecule has 0 saturated carbocycles. The number of urea groups is 1. The molecule has 2 amide bonds. The number of carboxylic acids is 1. The van der Waals surface area contributed by atoms with Crippen molar-refractivity contribution in [3.8, 4) is 0 Å². The summed E-state index contributed by atoms with van der Waals surface area (Å²) < 4.78 is 0. The number of para-hydroxylation sites is 1. The zero-order chi connectivity index (χ0) is 14.5. The van der Waals surface area contributed by atoms with E-state index in [0.29, 0.717) is 21.4 Å². The fourth-order valence-electron chi connectivity index (χ4n) is 1.56. The third-order valence-electron chi connectivity index (χ3n) is 2.46. The lowest BCUT2D eigenvalue weighted by Gasteiger charge is -2.04. The molecule has 0 aliphatic rings. The van der Waals surface area contributed by atoms with E-state index in [1.54, 1.807) is 19.1 Å². The van der Waals surface area contributed by atoms with E-state index < -0.39 is 12.0 Å². The lowest BCUT2D eigenvalue weighted by Crippen LogP contribution is -2.19. The summed E-state index contributed by atoms with van der Waals surface area (Å²) in [6.45, 7) is 1.72. The van der Waals surface area contributed by atoms with Crippen LogP contribution in [0.25, 0.3) is 0 Å². The molecule has 0 unspecified atom stereocenters. The Kier molecular flexibility index (Phi) is 4.31. The van der Waals surface area contributed by atoms with Crippen molar-refractivity contribution in [3.63, 3.8) is 0 Å². The first-order valence-corrected chi connectivity index (χ1v) is 6.67. The molecule has 2 aromatic rings. The maximum Gasteiger partial charge on any atom is 0.325 e. The number of hydrogen-bond acceptors (Lipinski definition) is 4. The Morgan fingerprint density at radius 1 is 1.25 bits per heavy atom. The number of nitrogens with one attached hydrogen (secondary N) is 2. The van der Waals surface area contributed by atoms with E-state index in [2.05, 4.69) is 15.6 Å². The van der Waals surface area contributed by atoms with Crippen LogP contribution in [0, 0.1) is 6.92 Å². The molecule has 1 aromatic carbocycles. The predicted octanol–water partition coefficient (Wildman–Crippen LogP) is 2.72. The molecule has 0 bridgehead atoms. The van der Waals surface area contributed by atoms with E-state index >= 15 is 0 Å². The van der Waals surface area contributed by atoms with Crippen molar-refractivity contribution < 1.29 is 14.7 Å². The van der Waals surface area contributed by atoms with Crippen molar-refractivity contribution in [2.75, 3.05) is 10.6 Å². The summed E-state index contributed by atoms with van der Waals surface area (Å²) >= 11 is 1.16. The first kappa shape index (κ1) is 14.0. The molecule has 104 valence electrons. The Labute approximate surface area is 119 Å². The quantitative estimate of drug-likeness (QED) is 0.807. The lowest BCUT2D eigenvalue weighted by molar-refractivity contribution is -0.136. The number of nitrogens with zero attached hydrogens (tertiary/aromatic N) is 1. The second kappa shape index (κ2) is 6.16. The molecule has 1 heterocycles. The van der Waals surface area contributed by atoms with Gasteiger partial charge in [-0.3, -0.25) is 10.1 Å². The molecule has 0 aliphatic carbocycles. The highest BCUT2D eigenvalue weighted by atomic mass is 32.1. The van der Waals surface area contributed by atoms with Crippen LogP contribution >= 0.6 is 11.3 Å². The standard InChI is InChI=1S/C13H13N3O3S/c1-8-10(7-11(17)18)20-13(14-8)16-12(19)15-9-5-3-2-4-6-9/h2-6H,7H2,1H3,(H,17,18)(H2,14,15,16,19). The summed E-state index contributed by atoms with van der Waals surface area (Å²) in [7, 11) is 0. The number of benzene rings is 1. The van der Waals surface area contributed by atoms with Gasteiger partial charge in [0.1, 0.15) is 0 Å². The Morgan fingerprint density at radius 2 is 1.95 bits per heavy atom. The summed E-state index contributed by atoms with van der Waals surface area (Å²) in [6, 6.07) is 8.60. The molecule has 6 nitrogen and oxygen atoms in total. The maximum absolute atomic E-state index is 11.8. The van der Waals surface area contributed by atoms with Crippen molar-refractivity contribution in [2.45, 2.75) is 13.3 Å². The molecular weight excluding hydrogens is 278 g/mol. The zero-order valence-electron chi connectivity index (χ0n) is 10.7. The van der Waals surface area contributed by atoms with Gasteiger partial charge in [0.2, 0.25) is 0 Å². The average Bonchev–Trinajstić information content (AvgIpc) is 2.69. The van der Waals surface area contributed by atoms with Crippen LogP contribution in [0.4, 0.5) is 15.6 Å². The van der Waals surface area contributed by atoms with Gasteiger partial charge in [-0.25, -0.2) is 9.78 Å². The second-order valence-corrected chi connectivity index (χ2v) is 5.13. The molecule has 0 atom stereocenters. The Balaban J connectivity index is 1.99. The Bertz CT molecular complexity index is 625. The van der Waals surface area contributed by atoms with Gasteiger partial charge >= 0.3 is 12.0 Å². The first-order valence-electron chi connectivity index (χ1n) is 5.86. The largest absolute Gasteiger partial charge is 0.481 e. The third-order valence-corrected chi connectivity index (χ3v) is 3.53. The van der Waals surface area contributed by atoms with Crippen LogP contribution in [0.3, 0.4) is 0 Å². The van der Waals surface area contributed by atoms with Gasteiger partial charge in [0.15, 0.2) is 5.13 Å². The van der Waals surface area contributed by atoms with Crippen LogP contribution in [0.1, 0.15) is 10.6 Å². The predicted molar refractivity (Wildman–Crippen MR) is 77.3 cm³/mol.